The standard InChI is InChI=1S/C21H17F3N4OS/c1-13-7-3-5-9-16(13)28-19(21(22,23)24)14(11-25-28)20(29)27(2)12-18-26-15-8-4-6-10-17(15)30-18/h3-11H,12H2,1-2H3. The number of hydrogen-bond acceptors (Lipinski definition) is 4. The predicted molar refractivity (Wildman–Crippen MR) is 109 cm³/mol. The summed E-state index contributed by atoms with van der Waals surface area (Å²) in [4.78, 5) is 18.6. The van der Waals surface area contributed by atoms with Gasteiger partial charge in [-0.15, -0.1) is 11.3 Å². The molecule has 4 aromatic rings. The predicted octanol–water partition coefficient (Wildman–Crippen LogP) is 5.08. The van der Waals surface area contributed by atoms with E-state index in [0.717, 1.165) is 21.1 Å². The van der Waals surface area contributed by atoms with Crippen molar-refractivity contribution in [3.05, 3.63) is 76.6 Å². The van der Waals surface area contributed by atoms with E-state index < -0.39 is 23.3 Å². The molecule has 0 saturated heterocycles. The molecular formula is C21H17F3N4OS. The highest BCUT2D eigenvalue weighted by molar-refractivity contribution is 7.18. The molecular weight excluding hydrogens is 413 g/mol. The quantitative estimate of drug-likeness (QED) is 0.454. The summed E-state index contributed by atoms with van der Waals surface area (Å²) in [5, 5.41) is 4.54. The molecule has 0 bridgehead atoms. The van der Waals surface area contributed by atoms with E-state index in [4.69, 9.17) is 0 Å². The molecule has 0 saturated carbocycles. The van der Waals surface area contributed by atoms with Crippen LogP contribution in [0, 0.1) is 6.92 Å². The maximum atomic E-state index is 13.9. The second-order valence-corrected chi connectivity index (χ2v) is 7.95. The lowest BCUT2D eigenvalue weighted by Crippen LogP contribution is -2.28. The van der Waals surface area contributed by atoms with Crippen molar-refractivity contribution in [2.75, 3.05) is 7.05 Å². The number of alkyl halides is 3. The highest BCUT2D eigenvalue weighted by Crippen LogP contribution is 2.35. The average molecular weight is 430 g/mol. The van der Waals surface area contributed by atoms with Gasteiger partial charge >= 0.3 is 6.18 Å². The van der Waals surface area contributed by atoms with Gasteiger partial charge in [0.25, 0.3) is 5.91 Å². The van der Waals surface area contributed by atoms with Crippen LogP contribution in [0.2, 0.25) is 0 Å². The molecule has 0 fully saturated rings. The fourth-order valence-corrected chi connectivity index (χ4v) is 4.25. The van der Waals surface area contributed by atoms with Crippen molar-refractivity contribution in [1.82, 2.24) is 19.7 Å². The summed E-state index contributed by atoms with van der Waals surface area (Å²) < 4.78 is 43.5. The van der Waals surface area contributed by atoms with Gasteiger partial charge in [0.2, 0.25) is 0 Å². The summed E-state index contributed by atoms with van der Waals surface area (Å²) in [5.41, 5.74) is 0.111. The Morgan fingerprint density at radius 2 is 1.83 bits per heavy atom. The summed E-state index contributed by atoms with van der Waals surface area (Å²) >= 11 is 1.40. The van der Waals surface area contributed by atoms with Gasteiger partial charge in [-0.25, -0.2) is 9.67 Å². The van der Waals surface area contributed by atoms with Crippen molar-refractivity contribution in [3.63, 3.8) is 0 Å². The number of aryl methyl sites for hydroxylation is 1. The number of nitrogens with zero attached hydrogens (tertiary/aromatic N) is 4. The normalized spacial score (nSPS) is 11.8. The van der Waals surface area contributed by atoms with Crippen molar-refractivity contribution in [1.29, 1.82) is 0 Å². The zero-order valence-corrected chi connectivity index (χ0v) is 17.0. The lowest BCUT2D eigenvalue weighted by Gasteiger charge is -2.18. The lowest BCUT2D eigenvalue weighted by molar-refractivity contribution is -0.143. The number of carbonyl (C=O) groups excluding carboxylic acids is 1. The molecule has 2 aromatic carbocycles. The van der Waals surface area contributed by atoms with Crippen molar-refractivity contribution in [2.24, 2.45) is 0 Å². The minimum absolute atomic E-state index is 0.102. The second-order valence-electron chi connectivity index (χ2n) is 6.84. The van der Waals surface area contributed by atoms with Gasteiger partial charge < -0.3 is 4.90 Å². The zero-order valence-electron chi connectivity index (χ0n) is 16.1. The monoisotopic (exact) mass is 430 g/mol. The summed E-state index contributed by atoms with van der Waals surface area (Å²) in [5.74, 6) is -0.763. The van der Waals surface area contributed by atoms with Crippen LogP contribution in [0.15, 0.2) is 54.7 Å². The first-order valence-corrected chi connectivity index (χ1v) is 9.88. The third kappa shape index (κ3) is 3.68. The summed E-state index contributed by atoms with van der Waals surface area (Å²) in [6.07, 6.45) is -3.77. The van der Waals surface area contributed by atoms with Crippen molar-refractivity contribution < 1.29 is 18.0 Å². The van der Waals surface area contributed by atoms with Gasteiger partial charge in [-0.2, -0.15) is 18.3 Å². The van der Waals surface area contributed by atoms with Crippen LogP contribution in [0.1, 0.15) is 26.6 Å². The van der Waals surface area contributed by atoms with Crippen LogP contribution in [0.3, 0.4) is 0 Å². The van der Waals surface area contributed by atoms with Crippen LogP contribution in [-0.2, 0) is 12.7 Å². The molecule has 1 amide bonds. The minimum Gasteiger partial charge on any atom is -0.335 e. The van der Waals surface area contributed by atoms with Crippen molar-refractivity contribution in [3.8, 4) is 5.69 Å². The Morgan fingerprint density at radius 3 is 2.53 bits per heavy atom. The van der Waals surface area contributed by atoms with Crippen molar-refractivity contribution in [2.45, 2.75) is 19.6 Å². The first-order valence-electron chi connectivity index (χ1n) is 9.07. The number of carbonyl (C=O) groups is 1. The fraction of sp³-hybridized carbons (Fsp3) is 0.190. The Kier molecular flexibility index (Phi) is 5.07. The topological polar surface area (TPSA) is 51.0 Å². The number of benzene rings is 2. The second kappa shape index (κ2) is 7.56. The molecule has 5 nitrogen and oxygen atoms in total. The molecule has 0 radical (unpaired) electrons. The Labute approximate surface area is 174 Å². The van der Waals surface area contributed by atoms with E-state index in [1.54, 1.807) is 25.1 Å². The van der Waals surface area contributed by atoms with Gasteiger partial charge in [0.05, 0.1) is 34.2 Å². The maximum absolute atomic E-state index is 13.9. The van der Waals surface area contributed by atoms with E-state index in [1.807, 2.05) is 24.3 Å². The number of para-hydroxylation sites is 2. The summed E-state index contributed by atoms with van der Waals surface area (Å²) in [6.45, 7) is 1.79. The third-order valence-electron chi connectivity index (χ3n) is 4.67. The minimum atomic E-state index is -4.75. The molecule has 4 rings (SSSR count). The molecule has 0 N–H and O–H groups in total. The molecule has 0 atom stereocenters. The van der Waals surface area contributed by atoms with E-state index >= 15 is 0 Å². The first kappa shape index (κ1) is 20.1. The molecule has 0 unspecified atom stereocenters. The molecule has 0 aliphatic rings. The highest BCUT2D eigenvalue weighted by atomic mass is 32.1. The van der Waals surface area contributed by atoms with Gasteiger partial charge in [-0.1, -0.05) is 30.3 Å². The molecule has 2 aromatic heterocycles. The van der Waals surface area contributed by atoms with Crippen molar-refractivity contribution >= 4 is 27.5 Å². The summed E-state index contributed by atoms with van der Waals surface area (Å²) in [6, 6.07) is 14.1. The number of amides is 1. The molecule has 154 valence electrons. The molecule has 0 aliphatic carbocycles. The number of hydrogen-bond donors (Lipinski definition) is 0. The summed E-state index contributed by atoms with van der Waals surface area (Å²) in [7, 11) is 1.46. The van der Waals surface area contributed by atoms with Crippen LogP contribution in [0.25, 0.3) is 15.9 Å². The lowest BCUT2D eigenvalue weighted by atomic mass is 10.1. The average Bonchev–Trinajstić information content (AvgIpc) is 3.31. The molecule has 0 spiro atoms. The van der Waals surface area contributed by atoms with Crippen LogP contribution < -0.4 is 0 Å². The Bertz CT molecular complexity index is 1200. The molecule has 0 aliphatic heterocycles. The smallest absolute Gasteiger partial charge is 0.335 e. The number of aromatic nitrogens is 3. The Balaban J connectivity index is 1.69. The van der Waals surface area contributed by atoms with E-state index in [0.29, 0.717) is 10.6 Å². The largest absolute Gasteiger partial charge is 0.434 e. The van der Waals surface area contributed by atoms with Crippen LogP contribution in [0.5, 0.6) is 0 Å². The van der Waals surface area contributed by atoms with Gasteiger partial charge in [0, 0.05) is 7.05 Å². The zero-order chi connectivity index (χ0) is 21.5. The van der Waals surface area contributed by atoms with E-state index in [9.17, 15) is 18.0 Å². The van der Waals surface area contributed by atoms with E-state index in [-0.39, 0.29) is 12.2 Å². The van der Waals surface area contributed by atoms with Gasteiger partial charge in [-0.3, -0.25) is 4.79 Å². The molecule has 30 heavy (non-hydrogen) atoms. The van der Waals surface area contributed by atoms with Crippen LogP contribution >= 0.6 is 11.3 Å². The van der Waals surface area contributed by atoms with E-state index in [1.165, 1.54) is 29.4 Å². The molecule has 2 heterocycles. The van der Waals surface area contributed by atoms with E-state index in [2.05, 4.69) is 10.1 Å². The first-order chi connectivity index (χ1) is 14.3. The SMILES string of the molecule is Cc1ccccc1-n1ncc(C(=O)N(C)Cc2nc3ccccc3s2)c1C(F)(F)F. The highest BCUT2D eigenvalue weighted by Gasteiger charge is 2.41. The number of fused-ring (bicyclic) bond motifs is 1. The van der Waals surface area contributed by atoms with Gasteiger partial charge in [0.1, 0.15) is 5.01 Å². The number of thiazole rings is 1. The Hall–Kier alpha value is -3.20. The fourth-order valence-electron chi connectivity index (χ4n) is 3.23. The van der Waals surface area contributed by atoms with Gasteiger partial charge in [-0.05, 0) is 30.7 Å². The number of rotatable bonds is 4. The third-order valence-corrected chi connectivity index (χ3v) is 5.69. The maximum Gasteiger partial charge on any atom is 0.434 e. The Morgan fingerprint density at radius 1 is 1.13 bits per heavy atom. The van der Waals surface area contributed by atoms with Crippen LogP contribution in [0.4, 0.5) is 13.2 Å². The molecule has 9 heteroatoms. The number of halogens is 3. The van der Waals surface area contributed by atoms with Crippen LogP contribution in [-0.4, -0.2) is 32.6 Å². The van der Waals surface area contributed by atoms with Gasteiger partial charge in [0.15, 0.2) is 5.69 Å².